The molecule has 0 spiro atoms. The van der Waals surface area contributed by atoms with Crippen molar-refractivity contribution in [3.63, 3.8) is 0 Å². The van der Waals surface area contributed by atoms with E-state index in [1.54, 1.807) is 12.1 Å². The molecule has 1 aliphatic rings. The van der Waals surface area contributed by atoms with Gasteiger partial charge in [-0.15, -0.1) is 0 Å². The number of halogens is 1. The van der Waals surface area contributed by atoms with Gasteiger partial charge in [-0.3, -0.25) is 4.79 Å². The summed E-state index contributed by atoms with van der Waals surface area (Å²) in [6.07, 6.45) is 1.08. The maximum absolute atomic E-state index is 12.2. The number of piperidine rings is 1. The van der Waals surface area contributed by atoms with E-state index in [2.05, 4.69) is 0 Å². The highest BCUT2D eigenvalue weighted by Crippen LogP contribution is 2.31. The van der Waals surface area contributed by atoms with Crippen LogP contribution in [0.1, 0.15) is 38.4 Å². The predicted octanol–water partition coefficient (Wildman–Crippen LogP) is 2.60. The van der Waals surface area contributed by atoms with Gasteiger partial charge in [-0.2, -0.15) is 0 Å². The molecule has 5 heteroatoms. The lowest BCUT2D eigenvalue weighted by Gasteiger charge is -2.36. The minimum absolute atomic E-state index is 0.0226. The lowest BCUT2D eigenvalue weighted by atomic mass is 9.87. The first kappa shape index (κ1) is 17.3. The maximum Gasteiger partial charge on any atom is 0.239 e. The summed E-state index contributed by atoms with van der Waals surface area (Å²) in [5.74, 6) is 0.333. The molecule has 0 bridgehead atoms. The highest BCUT2D eigenvalue weighted by molar-refractivity contribution is 6.30. The summed E-state index contributed by atoms with van der Waals surface area (Å²) in [6, 6.07) is 6.87. The van der Waals surface area contributed by atoms with E-state index >= 15 is 0 Å². The molecule has 0 aromatic heterocycles. The van der Waals surface area contributed by atoms with Crippen LogP contribution >= 0.6 is 11.6 Å². The van der Waals surface area contributed by atoms with Gasteiger partial charge in [-0.05, 0) is 42.4 Å². The van der Waals surface area contributed by atoms with E-state index in [4.69, 9.17) is 17.3 Å². The third-order valence-corrected chi connectivity index (χ3v) is 4.76. The van der Waals surface area contributed by atoms with Gasteiger partial charge in [0.15, 0.2) is 0 Å². The number of aliphatic hydroxyl groups is 1. The minimum atomic E-state index is -0.506. The zero-order valence-corrected chi connectivity index (χ0v) is 14.0. The van der Waals surface area contributed by atoms with E-state index in [0.717, 1.165) is 18.4 Å². The molecule has 122 valence electrons. The zero-order chi connectivity index (χ0) is 16.3. The Hall–Kier alpha value is -1.10. The highest BCUT2D eigenvalue weighted by atomic mass is 35.5. The van der Waals surface area contributed by atoms with Crippen molar-refractivity contribution in [1.82, 2.24) is 4.90 Å². The Morgan fingerprint density at radius 1 is 1.27 bits per heavy atom. The van der Waals surface area contributed by atoms with Crippen LogP contribution in [0.25, 0.3) is 0 Å². The summed E-state index contributed by atoms with van der Waals surface area (Å²) < 4.78 is 0. The molecule has 0 aliphatic carbocycles. The number of amides is 1. The molecule has 0 saturated carbocycles. The Balaban J connectivity index is 1.91. The maximum atomic E-state index is 12.2. The van der Waals surface area contributed by atoms with Crippen molar-refractivity contribution in [2.75, 3.05) is 13.1 Å². The molecule has 22 heavy (non-hydrogen) atoms. The predicted molar refractivity (Wildman–Crippen MR) is 88.5 cm³/mol. The first-order valence-corrected chi connectivity index (χ1v) is 8.26. The van der Waals surface area contributed by atoms with Gasteiger partial charge in [0, 0.05) is 18.1 Å². The molecule has 1 aromatic carbocycles. The number of benzene rings is 1. The van der Waals surface area contributed by atoms with Crippen molar-refractivity contribution in [3.8, 4) is 0 Å². The van der Waals surface area contributed by atoms with Gasteiger partial charge < -0.3 is 15.7 Å². The van der Waals surface area contributed by atoms with Crippen molar-refractivity contribution >= 4 is 17.5 Å². The molecule has 1 heterocycles. The average molecular weight is 325 g/mol. The van der Waals surface area contributed by atoms with Gasteiger partial charge in [0.25, 0.3) is 0 Å². The van der Waals surface area contributed by atoms with Crippen molar-refractivity contribution in [2.45, 2.75) is 38.8 Å². The zero-order valence-electron chi connectivity index (χ0n) is 13.2. The fraction of sp³-hybridized carbons (Fsp3) is 0.588. The van der Waals surface area contributed by atoms with E-state index in [0.29, 0.717) is 18.1 Å². The normalized spacial score (nSPS) is 19.3. The third kappa shape index (κ3) is 4.00. The molecule has 1 aromatic rings. The highest BCUT2D eigenvalue weighted by Gasteiger charge is 2.30. The van der Waals surface area contributed by atoms with Gasteiger partial charge in [-0.25, -0.2) is 0 Å². The number of likely N-dealkylation sites (tertiary alicyclic amines) is 1. The van der Waals surface area contributed by atoms with Crippen molar-refractivity contribution in [2.24, 2.45) is 17.6 Å². The van der Waals surface area contributed by atoms with Crippen LogP contribution in [0.5, 0.6) is 0 Å². The molecular formula is C17H25ClN2O2. The van der Waals surface area contributed by atoms with Gasteiger partial charge >= 0.3 is 0 Å². The van der Waals surface area contributed by atoms with Crippen molar-refractivity contribution < 1.29 is 9.90 Å². The molecule has 0 radical (unpaired) electrons. The molecule has 2 rings (SSSR count). The number of carbonyl (C=O) groups is 1. The van der Waals surface area contributed by atoms with Crippen LogP contribution in [0.4, 0.5) is 0 Å². The first-order chi connectivity index (χ1) is 10.4. The SMILES string of the molecule is CC(C)[C@H](N)C(=O)N1CCC(C(O)c2ccc(Cl)cc2)CC1. The number of rotatable bonds is 4. The number of hydrogen-bond acceptors (Lipinski definition) is 3. The van der Waals surface area contributed by atoms with Gasteiger partial charge in [-0.1, -0.05) is 37.6 Å². The van der Waals surface area contributed by atoms with E-state index in [1.807, 2.05) is 30.9 Å². The molecule has 1 unspecified atom stereocenters. The lowest BCUT2D eigenvalue weighted by Crippen LogP contribution is -2.49. The van der Waals surface area contributed by atoms with Crippen LogP contribution in [0.15, 0.2) is 24.3 Å². The minimum Gasteiger partial charge on any atom is -0.388 e. The number of aliphatic hydroxyl groups excluding tert-OH is 1. The Kier molecular flexibility index (Phi) is 5.84. The lowest BCUT2D eigenvalue weighted by molar-refractivity contribution is -0.135. The van der Waals surface area contributed by atoms with Crippen LogP contribution in [0.3, 0.4) is 0 Å². The molecule has 1 amide bonds. The van der Waals surface area contributed by atoms with Crippen LogP contribution in [-0.2, 0) is 4.79 Å². The number of nitrogens with zero attached hydrogens (tertiary/aromatic N) is 1. The summed E-state index contributed by atoms with van der Waals surface area (Å²) in [4.78, 5) is 14.1. The average Bonchev–Trinajstić information content (AvgIpc) is 2.53. The molecule has 4 nitrogen and oxygen atoms in total. The summed E-state index contributed by atoms with van der Waals surface area (Å²) in [5.41, 5.74) is 6.82. The summed E-state index contributed by atoms with van der Waals surface area (Å²) in [6.45, 7) is 5.24. The fourth-order valence-corrected chi connectivity index (χ4v) is 2.99. The molecule has 1 aliphatic heterocycles. The molecule has 1 fully saturated rings. The van der Waals surface area contributed by atoms with E-state index in [9.17, 15) is 9.90 Å². The molecule has 1 saturated heterocycles. The summed E-state index contributed by atoms with van der Waals surface area (Å²) in [7, 11) is 0. The topological polar surface area (TPSA) is 66.6 Å². The second-order valence-electron chi connectivity index (χ2n) is 6.43. The number of hydrogen-bond donors (Lipinski definition) is 2. The Bertz CT molecular complexity index is 496. The quantitative estimate of drug-likeness (QED) is 0.894. The number of nitrogens with two attached hydrogens (primary N) is 1. The fourth-order valence-electron chi connectivity index (χ4n) is 2.86. The summed E-state index contributed by atoms with van der Waals surface area (Å²) in [5, 5.41) is 11.2. The van der Waals surface area contributed by atoms with E-state index < -0.39 is 12.1 Å². The summed E-state index contributed by atoms with van der Waals surface area (Å²) >= 11 is 5.87. The molecule has 3 N–H and O–H groups in total. The van der Waals surface area contributed by atoms with Crippen LogP contribution in [0.2, 0.25) is 5.02 Å². The third-order valence-electron chi connectivity index (χ3n) is 4.51. The monoisotopic (exact) mass is 324 g/mol. The standard InChI is InChI=1S/C17H25ClN2O2/c1-11(2)15(19)17(22)20-9-7-13(8-10-20)16(21)12-3-5-14(18)6-4-12/h3-6,11,13,15-16,21H,7-10,19H2,1-2H3/t15-,16?/m0/s1. The Labute approximate surface area is 137 Å². The van der Waals surface area contributed by atoms with Crippen LogP contribution in [0, 0.1) is 11.8 Å². The Morgan fingerprint density at radius 3 is 2.32 bits per heavy atom. The number of carbonyl (C=O) groups excluding carboxylic acids is 1. The van der Waals surface area contributed by atoms with Crippen molar-refractivity contribution in [3.05, 3.63) is 34.9 Å². The molecular weight excluding hydrogens is 300 g/mol. The van der Waals surface area contributed by atoms with Gasteiger partial charge in [0.2, 0.25) is 5.91 Å². The van der Waals surface area contributed by atoms with Gasteiger partial charge in [0.1, 0.15) is 0 Å². The first-order valence-electron chi connectivity index (χ1n) is 7.88. The Morgan fingerprint density at radius 2 is 1.82 bits per heavy atom. The van der Waals surface area contributed by atoms with Crippen LogP contribution in [-0.4, -0.2) is 35.0 Å². The second-order valence-corrected chi connectivity index (χ2v) is 6.87. The molecule has 2 atom stereocenters. The smallest absolute Gasteiger partial charge is 0.239 e. The van der Waals surface area contributed by atoms with Crippen molar-refractivity contribution in [1.29, 1.82) is 0 Å². The van der Waals surface area contributed by atoms with E-state index in [-0.39, 0.29) is 17.7 Å². The van der Waals surface area contributed by atoms with Gasteiger partial charge in [0.05, 0.1) is 12.1 Å². The van der Waals surface area contributed by atoms with Crippen LogP contribution < -0.4 is 5.73 Å². The largest absolute Gasteiger partial charge is 0.388 e. The van der Waals surface area contributed by atoms with E-state index in [1.165, 1.54) is 0 Å². The second kappa shape index (κ2) is 7.44.